The summed E-state index contributed by atoms with van der Waals surface area (Å²) in [5.74, 6) is -1.10. The number of guanidine groups is 2. The molecule has 0 heterocycles. The molecule has 0 aliphatic carbocycles. The Labute approximate surface area is 120 Å². The lowest BCUT2D eigenvalue weighted by Gasteiger charge is -2.09. The number of nitro benzene ring substituents is 1. The van der Waals surface area contributed by atoms with E-state index in [1.807, 2.05) is 0 Å². The number of nitrogens with two attached hydrogens (primary N) is 3. The second-order valence-corrected chi connectivity index (χ2v) is 3.97. The third-order valence-electron chi connectivity index (χ3n) is 2.04. The van der Waals surface area contributed by atoms with Gasteiger partial charge >= 0.3 is 6.18 Å². The number of hydrogen-bond acceptors (Lipinski definition) is 3. The Kier molecular flexibility index (Phi) is 4.58. The summed E-state index contributed by atoms with van der Waals surface area (Å²) in [4.78, 5) is 16.3. The Balaban J connectivity index is 3.54. The minimum Gasteiger partial charge on any atom is -0.370 e. The van der Waals surface area contributed by atoms with Crippen molar-refractivity contribution in [2.45, 2.75) is 6.18 Å². The lowest BCUT2D eigenvalue weighted by atomic mass is 10.1. The molecule has 0 radical (unpaired) electrons. The van der Waals surface area contributed by atoms with Crippen molar-refractivity contribution in [1.82, 2.24) is 0 Å². The molecule has 0 saturated heterocycles. The SMILES string of the molecule is NC(N)=NC(N)=Nc1cc(C(F)(F)F)cc([N+](=O)[O-])c1Cl. The first-order valence-electron chi connectivity index (χ1n) is 5.01. The predicted molar refractivity (Wildman–Crippen MR) is 70.2 cm³/mol. The van der Waals surface area contributed by atoms with Gasteiger partial charge < -0.3 is 17.2 Å². The smallest absolute Gasteiger partial charge is 0.370 e. The monoisotopic (exact) mass is 324 g/mol. The zero-order valence-electron chi connectivity index (χ0n) is 10.1. The largest absolute Gasteiger partial charge is 0.416 e. The van der Waals surface area contributed by atoms with Crippen molar-refractivity contribution in [1.29, 1.82) is 0 Å². The van der Waals surface area contributed by atoms with E-state index >= 15 is 0 Å². The molecule has 1 rings (SSSR count). The molecule has 0 spiro atoms. The lowest BCUT2D eigenvalue weighted by molar-refractivity contribution is -0.384. The second kappa shape index (κ2) is 5.83. The van der Waals surface area contributed by atoms with Crippen LogP contribution in [0.2, 0.25) is 5.02 Å². The van der Waals surface area contributed by atoms with Crippen LogP contribution in [0.1, 0.15) is 5.56 Å². The number of benzene rings is 1. The summed E-state index contributed by atoms with van der Waals surface area (Å²) >= 11 is 5.62. The number of hydrogen-bond donors (Lipinski definition) is 3. The normalized spacial score (nSPS) is 12.1. The van der Waals surface area contributed by atoms with E-state index in [-0.39, 0.29) is 6.07 Å². The van der Waals surface area contributed by atoms with E-state index in [0.29, 0.717) is 6.07 Å². The van der Waals surface area contributed by atoms with E-state index < -0.39 is 45.0 Å². The van der Waals surface area contributed by atoms with Crippen LogP contribution in [0.3, 0.4) is 0 Å². The molecule has 0 unspecified atom stereocenters. The number of nitro groups is 1. The highest BCUT2D eigenvalue weighted by atomic mass is 35.5. The summed E-state index contributed by atoms with van der Waals surface area (Å²) in [6.45, 7) is 0. The number of alkyl halides is 3. The molecule has 114 valence electrons. The van der Waals surface area contributed by atoms with Gasteiger partial charge in [0.15, 0.2) is 5.96 Å². The maximum Gasteiger partial charge on any atom is 0.416 e. The van der Waals surface area contributed by atoms with Crippen molar-refractivity contribution in [3.05, 3.63) is 32.8 Å². The standard InChI is InChI=1S/C9H8ClF3N6O2/c10-6-4(17-8(16)18-7(14)15)1-3(9(11,12)13)2-5(6)19(20)21/h1-2H,(H6,14,15,16,17,18). The van der Waals surface area contributed by atoms with E-state index in [9.17, 15) is 23.3 Å². The van der Waals surface area contributed by atoms with Gasteiger partial charge in [0.25, 0.3) is 5.69 Å². The van der Waals surface area contributed by atoms with Crippen LogP contribution in [-0.2, 0) is 6.18 Å². The molecule has 0 bridgehead atoms. The van der Waals surface area contributed by atoms with Gasteiger partial charge in [-0.25, -0.2) is 4.99 Å². The third kappa shape index (κ3) is 4.21. The van der Waals surface area contributed by atoms with Gasteiger partial charge in [-0.1, -0.05) is 11.6 Å². The first-order chi connectivity index (χ1) is 9.52. The molecule has 1 aromatic carbocycles. The molecule has 0 aliphatic rings. The summed E-state index contributed by atoms with van der Waals surface area (Å²) in [6, 6.07) is 0.780. The molecule has 1 aromatic rings. The van der Waals surface area contributed by atoms with Gasteiger partial charge in [-0.05, 0) is 6.07 Å². The van der Waals surface area contributed by atoms with Crippen molar-refractivity contribution in [2.75, 3.05) is 0 Å². The van der Waals surface area contributed by atoms with Crippen molar-refractivity contribution in [2.24, 2.45) is 27.2 Å². The molecule has 0 atom stereocenters. The maximum atomic E-state index is 12.7. The van der Waals surface area contributed by atoms with Gasteiger partial charge in [0.05, 0.1) is 16.2 Å². The van der Waals surface area contributed by atoms with Gasteiger partial charge in [-0.2, -0.15) is 18.2 Å². The summed E-state index contributed by atoms with van der Waals surface area (Å²) in [5.41, 5.74) is 12.4. The van der Waals surface area contributed by atoms with E-state index in [4.69, 9.17) is 28.8 Å². The van der Waals surface area contributed by atoms with Crippen LogP contribution in [0.15, 0.2) is 22.1 Å². The number of rotatable bonds is 2. The van der Waals surface area contributed by atoms with E-state index in [1.54, 1.807) is 0 Å². The highest BCUT2D eigenvalue weighted by Crippen LogP contribution is 2.40. The molecular formula is C9H8ClF3N6O2. The Morgan fingerprint density at radius 1 is 1.29 bits per heavy atom. The van der Waals surface area contributed by atoms with E-state index in [2.05, 4.69) is 9.98 Å². The topological polar surface area (TPSA) is 146 Å². The molecule has 8 nitrogen and oxygen atoms in total. The lowest BCUT2D eigenvalue weighted by Crippen LogP contribution is -2.26. The van der Waals surface area contributed by atoms with Crippen molar-refractivity contribution in [3.63, 3.8) is 0 Å². The Morgan fingerprint density at radius 2 is 1.86 bits per heavy atom. The molecule has 6 N–H and O–H groups in total. The fraction of sp³-hybridized carbons (Fsp3) is 0.111. The fourth-order valence-electron chi connectivity index (χ4n) is 1.25. The van der Waals surface area contributed by atoms with Gasteiger partial charge in [0, 0.05) is 6.07 Å². The summed E-state index contributed by atoms with van der Waals surface area (Å²) < 4.78 is 38.0. The van der Waals surface area contributed by atoms with Gasteiger partial charge in [-0.3, -0.25) is 10.1 Å². The van der Waals surface area contributed by atoms with Crippen LogP contribution >= 0.6 is 11.6 Å². The number of aliphatic imine (C=N–C) groups is 2. The zero-order valence-corrected chi connectivity index (χ0v) is 10.8. The molecule has 0 saturated carbocycles. The van der Waals surface area contributed by atoms with Crippen LogP contribution in [0.25, 0.3) is 0 Å². The van der Waals surface area contributed by atoms with Crippen molar-refractivity contribution in [3.8, 4) is 0 Å². The van der Waals surface area contributed by atoms with Gasteiger partial charge in [0.2, 0.25) is 5.96 Å². The van der Waals surface area contributed by atoms with E-state index in [1.165, 1.54) is 0 Å². The summed E-state index contributed by atoms with van der Waals surface area (Å²) in [5, 5.41) is 10.1. The molecule has 21 heavy (non-hydrogen) atoms. The highest BCUT2D eigenvalue weighted by Gasteiger charge is 2.34. The quantitative estimate of drug-likeness (QED) is 0.326. The maximum absolute atomic E-state index is 12.7. The summed E-state index contributed by atoms with van der Waals surface area (Å²) in [6.07, 6.45) is -4.83. The first kappa shape index (κ1) is 16.5. The van der Waals surface area contributed by atoms with Crippen LogP contribution in [0, 0.1) is 10.1 Å². The van der Waals surface area contributed by atoms with Crippen LogP contribution < -0.4 is 17.2 Å². The Hall–Kier alpha value is -2.56. The van der Waals surface area contributed by atoms with Gasteiger partial charge in [-0.15, -0.1) is 0 Å². The molecule has 0 aliphatic heterocycles. The van der Waals surface area contributed by atoms with Crippen LogP contribution in [0.5, 0.6) is 0 Å². The number of nitrogens with zero attached hydrogens (tertiary/aromatic N) is 3. The van der Waals surface area contributed by atoms with E-state index in [0.717, 1.165) is 0 Å². The van der Waals surface area contributed by atoms with Gasteiger partial charge in [0.1, 0.15) is 5.02 Å². The average molecular weight is 325 g/mol. The van der Waals surface area contributed by atoms with Crippen molar-refractivity contribution >= 4 is 34.9 Å². The predicted octanol–water partition coefficient (Wildman–Crippen LogP) is 1.49. The Bertz CT molecular complexity index is 639. The van der Waals surface area contributed by atoms with Crippen LogP contribution in [-0.4, -0.2) is 16.8 Å². The average Bonchev–Trinajstić information content (AvgIpc) is 2.28. The van der Waals surface area contributed by atoms with Crippen LogP contribution in [0.4, 0.5) is 24.5 Å². The third-order valence-corrected chi connectivity index (χ3v) is 2.42. The second-order valence-electron chi connectivity index (χ2n) is 3.59. The number of halogens is 4. The first-order valence-corrected chi connectivity index (χ1v) is 5.39. The molecule has 0 amide bonds. The minimum absolute atomic E-state index is 0.290. The van der Waals surface area contributed by atoms with Crippen molar-refractivity contribution < 1.29 is 18.1 Å². The highest BCUT2D eigenvalue weighted by molar-refractivity contribution is 6.35. The summed E-state index contributed by atoms with van der Waals surface area (Å²) in [7, 11) is 0. The zero-order chi connectivity index (χ0) is 16.4. The fourth-order valence-corrected chi connectivity index (χ4v) is 1.47. The minimum atomic E-state index is -4.83. The molecule has 0 aromatic heterocycles. The Morgan fingerprint density at radius 3 is 2.29 bits per heavy atom. The molecule has 12 heteroatoms. The molecular weight excluding hydrogens is 317 g/mol. The molecule has 0 fully saturated rings.